The van der Waals surface area contributed by atoms with Crippen LogP contribution in [0.25, 0.3) is 10.8 Å². The van der Waals surface area contributed by atoms with Gasteiger partial charge in [0.1, 0.15) is 0 Å². The predicted molar refractivity (Wildman–Crippen MR) is 107 cm³/mol. The summed E-state index contributed by atoms with van der Waals surface area (Å²) in [6, 6.07) is 17.6. The zero-order valence-electron chi connectivity index (χ0n) is 14.3. The molecule has 0 spiro atoms. The number of sulfonamides is 1. The number of nitrogens with one attached hydrogen (secondary N) is 2. The third-order valence-electron chi connectivity index (χ3n) is 4.70. The number of carbonyl (C=O) groups excluding carboxylic acids is 1. The summed E-state index contributed by atoms with van der Waals surface area (Å²) < 4.78 is 27.4. The highest BCUT2D eigenvalue weighted by molar-refractivity contribution is 7.90. The Balaban J connectivity index is 1.51. The van der Waals surface area contributed by atoms with Crippen molar-refractivity contribution in [2.75, 3.05) is 11.9 Å². The van der Waals surface area contributed by atoms with Crippen molar-refractivity contribution >= 4 is 44.0 Å². The van der Waals surface area contributed by atoms with Crippen molar-refractivity contribution in [2.45, 2.75) is 17.2 Å². The van der Waals surface area contributed by atoms with Crippen molar-refractivity contribution in [2.24, 2.45) is 0 Å². The molecule has 0 bridgehead atoms. The molecule has 4 rings (SSSR count). The summed E-state index contributed by atoms with van der Waals surface area (Å²) in [5.41, 5.74) is 2.03. The molecule has 1 aliphatic rings. The van der Waals surface area contributed by atoms with Crippen LogP contribution in [0, 0.1) is 0 Å². The SMILES string of the molecule is O=C(CC1CNc2ccccc21)NS(=O)(=O)c1ccc2cc(Cl)ccc2c1. The number of anilines is 1. The molecular weight excluding hydrogens is 384 g/mol. The summed E-state index contributed by atoms with van der Waals surface area (Å²) in [6.45, 7) is 0.615. The van der Waals surface area contributed by atoms with E-state index < -0.39 is 15.9 Å². The lowest BCUT2D eigenvalue weighted by atomic mass is 9.98. The Hall–Kier alpha value is -2.57. The Morgan fingerprint density at radius 3 is 2.67 bits per heavy atom. The zero-order chi connectivity index (χ0) is 19.0. The number of carbonyl (C=O) groups is 1. The molecule has 5 nitrogen and oxygen atoms in total. The third-order valence-corrected chi connectivity index (χ3v) is 6.31. The second kappa shape index (κ2) is 6.87. The normalized spacial score (nSPS) is 16.0. The number of fused-ring (bicyclic) bond motifs is 2. The van der Waals surface area contributed by atoms with Crippen LogP contribution in [0.1, 0.15) is 17.9 Å². The number of para-hydroxylation sites is 1. The van der Waals surface area contributed by atoms with Crippen molar-refractivity contribution in [3.63, 3.8) is 0 Å². The molecule has 1 unspecified atom stereocenters. The van der Waals surface area contributed by atoms with Crippen molar-refractivity contribution < 1.29 is 13.2 Å². The van der Waals surface area contributed by atoms with Gasteiger partial charge in [-0.15, -0.1) is 0 Å². The number of rotatable bonds is 4. The minimum Gasteiger partial charge on any atom is -0.384 e. The second-order valence-electron chi connectivity index (χ2n) is 6.55. The molecule has 2 N–H and O–H groups in total. The fourth-order valence-electron chi connectivity index (χ4n) is 3.38. The summed E-state index contributed by atoms with van der Waals surface area (Å²) in [7, 11) is -3.93. The Morgan fingerprint density at radius 1 is 1.07 bits per heavy atom. The summed E-state index contributed by atoms with van der Waals surface area (Å²) in [4.78, 5) is 12.4. The van der Waals surface area contributed by atoms with Crippen LogP contribution in [0.15, 0.2) is 65.6 Å². The standard InChI is InChI=1S/C20H17ClN2O3S/c21-16-7-5-14-10-17(8-6-13(14)9-16)27(25,26)23-20(24)11-15-12-22-19-4-2-1-3-18(15)19/h1-10,15,22H,11-12H2,(H,23,24). The molecule has 1 atom stereocenters. The highest BCUT2D eigenvalue weighted by Gasteiger charge is 2.26. The third kappa shape index (κ3) is 3.63. The average molecular weight is 401 g/mol. The first-order chi connectivity index (χ1) is 12.9. The van der Waals surface area contributed by atoms with E-state index in [-0.39, 0.29) is 17.2 Å². The second-order valence-corrected chi connectivity index (χ2v) is 8.67. The van der Waals surface area contributed by atoms with Gasteiger partial charge in [-0.1, -0.05) is 41.9 Å². The molecule has 27 heavy (non-hydrogen) atoms. The smallest absolute Gasteiger partial charge is 0.264 e. The number of hydrogen-bond acceptors (Lipinski definition) is 4. The van der Waals surface area contributed by atoms with Crippen LogP contribution in [-0.2, 0) is 14.8 Å². The molecule has 1 heterocycles. The maximum absolute atomic E-state index is 12.6. The fraction of sp³-hybridized carbons (Fsp3) is 0.150. The van der Waals surface area contributed by atoms with Crippen molar-refractivity contribution in [1.29, 1.82) is 0 Å². The number of halogens is 1. The molecule has 3 aromatic carbocycles. The van der Waals surface area contributed by atoms with Gasteiger partial charge in [-0.05, 0) is 46.7 Å². The average Bonchev–Trinajstić information content (AvgIpc) is 3.03. The first-order valence-corrected chi connectivity index (χ1v) is 10.4. The van der Waals surface area contributed by atoms with Crippen LogP contribution in [0.3, 0.4) is 0 Å². The van der Waals surface area contributed by atoms with Crippen molar-refractivity contribution in [3.8, 4) is 0 Å². The van der Waals surface area contributed by atoms with Crippen LogP contribution in [0.5, 0.6) is 0 Å². The summed E-state index contributed by atoms with van der Waals surface area (Å²) >= 11 is 5.95. The lowest BCUT2D eigenvalue weighted by Crippen LogP contribution is -2.31. The predicted octanol–water partition coefficient (Wildman–Crippen LogP) is 3.90. The molecule has 138 valence electrons. The summed E-state index contributed by atoms with van der Waals surface area (Å²) in [6.07, 6.45) is 0.104. The van der Waals surface area contributed by atoms with Crippen LogP contribution < -0.4 is 10.0 Å². The van der Waals surface area contributed by atoms with Gasteiger partial charge in [-0.3, -0.25) is 4.79 Å². The maximum atomic E-state index is 12.6. The van der Waals surface area contributed by atoms with E-state index in [0.717, 1.165) is 22.0 Å². The van der Waals surface area contributed by atoms with Gasteiger partial charge >= 0.3 is 0 Å². The van der Waals surface area contributed by atoms with Gasteiger partial charge in [0.2, 0.25) is 5.91 Å². The molecule has 1 aliphatic heterocycles. The molecular formula is C20H17ClN2O3S. The molecule has 0 radical (unpaired) electrons. The van der Waals surface area contributed by atoms with Gasteiger partial charge in [0.15, 0.2) is 0 Å². The van der Waals surface area contributed by atoms with Gasteiger partial charge in [0, 0.05) is 29.6 Å². The van der Waals surface area contributed by atoms with Gasteiger partial charge in [-0.25, -0.2) is 13.1 Å². The molecule has 7 heteroatoms. The zero-order valence-corrected chi connectivity index (χ0v) is 15.8. The lowest BCUT2D eigenvalue weighted by molar-refractivity contribution is -0.119. The van der Waals surface area contributed by atoms with E-state index >= 15 is 0 Å². The van der Waals surface area contributed by atoms with Crippen molar-refractivity contribution in [1.82, 2.24) is 4.72 Å². The number of hydrogen-bond donors (Lipinski definition) is 2. The van der Waals surface area contributed by atoms with E-state index in [1.807, 2.05) is 24.3 Å². The molecule has 0 saturated carbocycles. The molecule has 0 saturated heterocycles. The van der Waals surface area contributed by atoms with E-state index in [1.165, 1.54) is 12.1 Å². The highest BCUT2D eigenvalue weighted by atomic mass is 35.5. The summed E-state index contributed by atoms with van der Waals surface area (Å²) in [5.74, 6) is -0.565. The fourth-order valence-corrected chi connectivity index (χ4v) is 4.59. The molecule has 0 aromatic heterocycles. The first-order valence-electron chi connectivity index (χ1n) is 8.50. The van der Waals surface area contributed by atoms with E-state index in [4.69, 9.17) is 11.6 Å². The van der Waals surface area contributed by atoms with Crippen LogP contribution in [0.2, 0.25) is 5.02 Å². The van der Waals surface area contributed by atoms with Crippen LogP contribution in [-0.4, -0.2) is 20.9 Å². The van der Waals surface area contributed by atoms with E-state index in [0.29, 0.717) is 11.6 Å². The molecule has 1 amide bonds. The highest BCUT2D eigenvalue weighted by Crippen LogP contribution is 2.33. The van der Waals surface area contributed by atoms with Crippen LogP contribution >= 0.6 is 11.6 Å². The van der Waals surface area contributed by atoms with Gasteiger partial charge < -0.3 is 5.32 Å². The Labute approximate surface area is 162 Å². The van der Waals surface area contributed by atoms with Crippen molar-refractivity contribution in [3.05, 3.63) is 71.2 Å². The molecule has 0 fully saturated rings. The lowest BCUT2D eigenvalue weighted by Gasteiger charge is -2.12. The van der Waals surface area contributed by atoms with E-state index in [1.54, 1.807) is 24.3 Å². The number of amides is 1. The number of benzene rings is 3. The van der Waals surface area contributed by atoms with E-state index in [2.05, 4.69) is 10.0 Å². The largest absolute Gasteiger partial charge is 0.384 e. The molecule has 3 aromatic rings. The van der Waals surface area contributed by atoms with E-state index in [9.17, 15) is 13.2 Å². The summed E-state index contributed by atoms with van der Waals surface area (Å²) in [5, 5.41) is 5.39. The quantitative estimate of drug-likeness (QED) is 0.696. The monoisotopic (exact) mass is 400 g/mol. The minimum absolute atomic E-state index is 0.0462. The van der Waals surface area contributed by atoms with Crippen LogP contribution in [0.4, 0.5) is 5.69 Å². The molecule has 0 aliphatic carbocycles. The Morgan fingerprint density at radius 2 is 1.81 bits per heavy atom. The maximum Gasteiger partial charge on any atom is 0.264 e. The van der Waals surface area contributed by atoms with Gasteiger partial charge in [-0.2, -0.15) is 0 Å². The van der Waals surface area contributed by atoms with Gasteiger partial charge in [0.05, 0.1) is 4.90 Å². The topological polar surface area (TPSA) is 75.3 Å². The Bertz CT molecular complexity index is 1140. The Kier molecular flexibility index (Phi) is 4.53. The minimum atomic E-state index is -3.93. The first kappa shape index (κ1) is 17.8. The van der Waals surface area contributed by atoms with Gasteiger partial charge in [0.25, 0.3) is 10.0 Å².